The minimum Gasteiger partial charge on any atom is -0.460 e. The molecule has 0 aromatic rings. The third-order valence-corrected chi connectivity index (χ3v) is 1.92. The van der Waals surface area contributed by atoms with Gasteiger partial charge in [-0.15, -0.1) is 0 Å². The Bertz CT molecular complexity index is 184. The lowest BCUT2D eigenvalue weighted by Crippen LogP contribution is -2.08. The molecular formula is C10H16O2. The van der Waals surface area contributed by atoms with Crippen molar-refractivity contribution in [2.24, 2.45) is 0 Å². The molecule has 0 unspecified atom stereocenters. The van der Waals surface area contributed by atoms with E-state index < -0.39 is 0 Å². The zero-order valence-corrected chi connectivity index (χ0v) is 7.80. The number of esters is 1. The minimum atomic E-state index is -0.179. The van der Waals surface area contributed by atoms with Crippen LogP contribution in [0, 0.1) is 0 Å². The minimum absolute atomic E-state index is 0.00393. The van der Waals surface area contributed by atoms with Gasteiger partial charge in [-0.25, -0.2) is 4.79 Å². The van der Waals surface area contributed by atoms with Crippen LogP contribution in [0.5, 0.6) is 0 Å². The Morgan fingerprint density at radius 1 is 1.42 bits per heavy atom. The first-order chi connectivity index (χ1) is 5.68. The van der Waals surface area contributed by atoms with Crippen molar-refractivity contribution in [2.75, 3.05) is 0 Å². The molecule has 2 nitrogen and oxygen atoms in total. The highest BCUT2D eigenvalue weighted by molar-refractivity contribution is 5.82. The van der Waals surface area contributed by atoms with Crippen LogP contribution in [0.2, 0.25) is 0 Å². The maximum Gasteiger partial charge on any atom is 0.330 e. The van der Waals surface area contributed by atoms with Crippen LogP contribution in [-0.2, 0) is 9.53 Å². The summed E-state index contributed by atoms with van der Waals surface area (Å²) in [7, 11) is 0. The van der Waals surface area contributed by atoms with Crippen molar-refractivity contribution in [3.8, 4) is 0 Å². The van der Waals surface area contributed by atoms with E-state index in [2.05, 4.69) is 0 Å². The Morgan fingerprint density at radius 2 is 2.00 bits per heavy atom. The maximum absolute atomic E-state index is 11.1. The predicted molar refractivity (Wildman–Crippen MR) is 47.8 cm³/mol. The van der Waals surface area contributed by atoms with Gasteiger partial charge in [0.2, 0.25) is 0 Å². The molecule has 0 heterocycles. The highest BCUT2D eigenvalue weighted by Gasteiger charge is 2.09. The summed E-state index contributed by atoms with van der Waals surface area (Å²) < 4.78 is 5.00. The van der Waals surface area contributed by atoms with Gasteiger partial charge in [-0.05, 0) is 39.5 Å². The predicted octanol–water partition coefficient (Wildman–Crippen LogP) is 2.44. The van der Waals surface area contributed by atoms with Gasteiger partial charge in [0, 0.05) is 6.08 Å². The van der Waals surface area contributed by atoms with Gasteiger partial charge in [0.05, 0.1) is 6.10 Å². The van der Waals surface area contributed by atoms with E-state index in [1.807, 2.05) is 13.8 Å². The highest BCUT2D eigenvalue weighted by atomic mass is 16.5. The summed E-state index contributed by atoms with van der Waals surface area (Å²) in [5.41, 5.74) is 1.25. The molecule has 1 rings (SSSR count). The second-order valence-electron chi connectivity index (χ2n) is 3.50. The highest BCUT2D eigenvalue weighted by Crippen LogP contribution is 2.23. The van der Waals surface area contributed by atoms with Crippen molar-refractivity contribution in [3.05, 3.63) is 11.6 Å². The van der Waals surface area contributed by atoms with Crippen LogP contribution in [0.4, 0.5) is 0 Å². The summed E-state index contributed by atoms with van der Waals surface area (Å²) in [5, 5.41) is 0. The molecule has 1 aliphatic carbocycles. The zero-order chi connectivity index (χ0) is 8.97. The van der Waals surface area contributed by atoms with Gasteiger partial charge < -0.3 is 4.74 Å². The lowest BCUT2D eigenvalue weighted by molar-refractivity contribution is -0.141. The number of carbonyl (C=O) groups excluding carboxylic acids is 1. The fraction of sp³-hybridized carbons (Fsp3) is 0.700. The molecule has 0 amide bonds. The summed E-state index contributed by atoms with van der Waals surface area (Å²) in [5.74, 6) is -0.179. The van der Waals surface area contributed by atoms with Crippen molar-refractivity contribution < 1.29 is 9.53 Å². The molecule has 1 aliphatic rings. The topological polar surface area (TPSA) is 26.3 Å². The quantitative estimate of drug-likeness (QED) is 0.467. The third-order valence-electron chi connectivity index (χ3n) is 1.92. The summed E-state index contributed by atoms with van der Waals surface area (Å²) in [6, 6.07) is 0. The summed E-state index contributed by atoms with van der Waals surface area (Å²) in [6.45, 7) is 3.73. The van der Waals surface area contributed by atoms with Crippen LogP contribution in [0.15, 0.2) is 11.6 Å². The molecule has 0 bridgehead atoms. The molecule has 1 saturated carbocycles. The molecule has 1 fully saturated rings. The Hall–Kier alpha value is -0.790. The van der Waals surface area contributed by atoms with E-state index in [1.165, 1.54) is 18.4 Å². The van der Waals surface area contributed by atoms with E-state index in [4.69, 9.17) is 4.74 Å². The first kappa shape index (κ1) is 9.30. The van der Waals surface area contributed by atoms with E-state index in [9.17, 15) is 4.79 Å². The fourth-order valence-electron chi connectivity index (χ4n) is 1.41. The Kier molecular flexibility index (Phi) is 3.32. The van der Waals surface area contributed by atoms with Gasteiger partial charge in [-0.1, -0.05) is 5.57 Å². The van der Waals surface area contributed by atoms with Gasteiger partial charge in [0.1, 0.15) is 0 Å². The zero-order valence-electron chi connectivity index (χ0n) is 7.80. The fourth-order valence-corrected chi connectivity index (χ4v) is 1.41. The Morgan fingerprint density at radius 3 is 2.50 bits per heavy atom. The average Bonchev–Trinajstić information content (AvgIpc) is 2.37. The van der Waals surface area contributed by atoms with Gasteiger partial charge in [0.25, 0.3) is 0 Å². The Balaban J connectivity index is 2.38. The first-order valence-corrected chi connectivity index (χ1v) is 4.58. The molecule has 0 aliphatic heterocycles. The van der Waals surface area contributed by atoms with Crippen LogP contribution >= 0.6 is 0 Å². The first-order valence-electron chi connectivity index (χ1n) is 4.58. The molecule has 0 aromatic carbocycles. The number of carbonyl (C=O) groups is 1. The summed E-state index contributed by atoms with van der Waals surface area (Å²) in [6.07, 6.45) is 6.25. The van der Waals surface area contributed by atoms with E-state index in [1.54, 1.807) is 6.08 Å². The number of ether oxygens (including phenoxy) is 1. The smallest absolute Gasteiger partial charge is 0.330 e. The molecule has 12 heavy (non-hydrogen) atoms. The van der Waals surface area contributed by atoms with Crippen LogP contribution in [0.3, 0.4) is 0 Å². The number of allylic oxidation sites excluding steroid dienone is 1. The second-order valence-corrected chi connectivity index (χ2v) is 3.50. The van der Waals surface area contributed by atoms with Crippen molar-refractivity contribution >= 4 is 5.97 Å². The van der Waals surface area contributed by atoms with E-state index in [-0.39, 0.29) is 12.1 Å². The molecule has 0 saturated heterocycles. The third kappa shape index (κ3) is 3.07. The molecule has 0 aromatic heterocycles. The van der Waals surface area contributed by atoms with Crippen LogP contribution in [-0.4, -0.2) is 12.1 Å². The SMILES string of the molecule is CC(C)OC(=O)C=C1CCCC1. The molecule has 2 heteroatoms. The summed E-state index contributed by atoms with van der Waals surface area (Å²) >= 11 is 0. The van der Waals surface area contributed by atoms with Gasteiger partial charge in [-0.3, -0.25) is 0 Å². The Labute approximate surface area is 73.6 Å². The number of hydrogen-bond donors (Lipinski definition) is 0. The molecule has 0 spiro atoms. The number of rotatable bonds is 2. The van der Waals surface area contributed by atoms with Gasteiger partial charge in [0.15, 0.2) is 0 Å². The monoisotopic (exact) mass is 168 g/mol. The lowest BCUT2D eigenvalue weighted by Gasteiger charge is -2.04. The van der Waals surface area contributed by atoms with E-state index >= 15 is 0 Å². The second kappa shape index (κ2) is 4.29. The maximum atomic E-state index is 11.1. The van der Waals surface area contributed by atoms with E-state index in [0.717, 1.165) is 12.8 Å². The molecular weight excluding hydrogens is 152 g/mol. The van der Waals surface area contributed by atoms with E-state index in [0.29, 0.717) is 0 Å². The van der Waals surface area contributed by atoms with Crippen LogP contribution in [0.25, 0.3) is 0 Å². The van der Waals surface area contributed by atoms with Crippen molar-refractivity contribution in [2.45, 2.75) is 45.6 Å². The summed E-state index contributed by atoms with van der Waals surface area (Å²) in [4.78, 5) is 11.1. The van der Waals surface area contributed by atoms with Crippen LogP contribution < -0.4 is 0 Å². The molecule has 68 valence electrons. The van der Waals surface area contributed by atoms with Crippen molar-refractivity contribution in [1.29, 1.82) is 0 Å². The van der Waals surface area contributed by atoms with Crippen molar-refractivity contribution in [1.82, 2.24) is 0 Å². The van der Waals surface area contributed by atoms with Crippen molar-refractivity contribution in [3.63, 3.8) is 0 Å². The lowest BCUT2D eigenvalue weighted by atomic mass is 10.2. The average molecular weight is 168 g/mol. The normalized spacial score (nSPS) is 16.8. The number of hydrogen-bond acceptors (Lipinski definition) is 2. The van der Waals surface area contributed by atoms with Gasteiger partial charge >= 0.3 is 5.97 Å². The van der Waals surface area contributed by atoms with Crippen LogP contribution in [0.1, 0.15) is 39.5 Å². The standard InChI is InChI=1S/C10H16O2/c1-8(2)12-10(11)7-9-5-3-4-6-9/h7-8H,3-6H2,1-2H3. The molecule has 0 atom stereocenters. The van der Waals surface area contributed by atoms with Gasteiger partial charge in [-0.2, -0.15) is 0 Å². The molecule has 0 N–H and O–H groups in total. The largest absolute Gasteiger partial charge is 0.460 e. The molecule has 0 radical (unpaired) electrons.